The van der Waals surface area contributed by atoms with Crippen LogP contribution in [0.5, 0.6) is 0 Å². The molecule has 1 aliphatic rings. The lowest BCUT2D eigenvalue weighted by atomic mass is 9.83. The molecule has 1 saturated carbocycles. The molecule has 0 saturated heterocycles. The molecule has 1 aromatic carbocycles. The molecule has 1 fully saturated rings. The van der Waals surface area contributed by atoms with E-state index in [2.05, 4.69) is 32.2 Å². The maximum absolute atomic E-state index is 12.6. The number of carbonyl (C=O) groups excluding carboxylic acids is 1. The third-order valence-corrected chi connectivity index (χ3v) is 4.00. The van der Waals surface area contributed by atoms with Gasteiger partial charge in [0.25, 0.3) is 5.91 Å². The Labute approximate surface area is 121 Å². The minimum Gasteiger partial charge on any atom is -0.334 e. The molecule has 0 unspecified atom stereocenters. The number of hydrogen-bond acceptors (Lipinski definition) is 2. The van der Waals surface area contributed by atoms with Crippen LogP contribution in [0.25, 0.3) is 0 Å². The predicted molar refractivity (Wildman–Crippen MR) is 79.4 cm³/mol. The Balaban J connectivity index is 2.29. The zero-order valence-corrected chi connectivity index (χ0v) is 12.5. The average Bonchev–Trinajstić information content (AvgIpc) is 2.87. The number of benzene rings is 1. The standard InChI is InChI=1S/C17H22N2O/c1-16(2,3)14-9-5-4-8-13(14)15(20)19-17(12-18)10-6-7-11-17/h4-5,8-9H,6-7,10-11H2,1-3H3,(H,19,20). The van der Waals surface area contributed by atoms with Crippen LogP contribution in [0.15, 0.2) is 24.3 Å². The van der Waals surface area contributed by atoms with Crippen molar-refractivity contribution in [2.75, 3.05) is 0 Å². The van der Waals surface area contributed by atoms with Gasteiger partial charge >= 0.3 is 0 Å². The molecule has 106 valence electrons. The maximum atomic E-state index is 12.6. The van der Waals surface area contributed by atoms with Crippen LogP contribution in [0.1, 0.15) is 62.4 Å². The molecule has 2 rings (SSSR count). The Kier molecular flexibility index (Phi) is 3.85. The fraction of sp³-hybridized carbons (Fsp3) is 0.529. The van der Waals surface area contributed by atoms with Gasteiger partial charge in [0, 0.05) is 5.56 Å². The number of rotatable bonds is 2. The van der Waals surface area contributed by atoms with E-state index in [-0.39, 0.29) is 11.3 Å². The van der Waals surface area contributed by atoms with Crippen molar-refractivity contribution in [2.24, 2.45) is 0 Å². The van der Waals surface area contributed by atoms with Crippen LogP contribution in [0.4, 0.5) is 0 Å². The number of nitrogens with zero attached hydrogens (tertiary/aromatic N) is 1. The quantitative estimate of drug-likeness (QED) is 0.893. The van der Waals surface area contributed by atoms with Crippen molar-refractivity contribution < 1.29 is 4.79 Å². The monoisotopic (exact) mass is 270 g/mol. The molecular formula is C17H22N2O. The van der Waals surface area contributed by atoms with Gasteiger partial charge in [0.05, 0.1) is 6.07 Å². The smallest absolute Gasteiger partial charge is 0.252 e. The molecule has 0 aromatic heterocycles. The normalized spacial score (nSPS) is 17.5. The van der Waals surface area contributed by atoms with E-state index < -0.39 is 5.54 Å². The number of nitrogens with one attached hydrogen (secondary N) is 1. The van der Waals surface area contributed by atoms with E-state index in [0.717, 1.165) is 31.2 Å². The summed E-state index contributed by atoms with van der Waals surface area (Å²) in [4.78, 5) is 12.6. The van der Waals surface area contributed by atoms with Gasteiger partial charge in [0.15, 0.2) is 0 Å². The van der Waals surface area contributed by atoms with Gasteiger partial charge in [0.2, 0.25) is 0 Å². The van der Waals surface area contributed by atoms with Gasteiger partial charge in [-0.25, -0.2) is 0 Å². The third kappa shape index (κ3) is 2.85. The molecule has 0 bridgehead atoms. The average molecular weight is 270 g/mol. The van der Waals surface area contributed by atoms with Crippen molar-refractivity contribution in [3.05, 3.63) is 35.4 Å². The van der Waals surface area contributed by atoms with E-state index in [1.54, 1.807) is 0 Å². The second kappa shape index (κ2) is 5.28. The molecule has 0 radical (unpaired) electrons. The first-order chi connectivity index (χ1) is 9.38. The van der Waals surface area contributed by atoms with Crippen molar-refractivity contribution in [3.63, 3.8) is 0 Å². The lowest BCUT2D eigenvalue weighted by molar-refractivity contribution is 0.0918. The summed E-state index contributed by atoms with van der Waals surface area (Å²) in [6.07, 6.45) is 3.53. The highest BCUT2D eigenvalue weighted by molar-refractivity contribution is 5.96. The number of amides is 1. The Bertz CT molecular complexity index is 543. The van der Waals surface area contributed by atoms with Crippen LogP contribution in [0.3, 0.4) is 0 Å². The Morgan fingerprint density at radius 2 is 1.85 bits per heavy atom. The Morgan fingerprint density at radius 3 is 2.40 bits per heavy atom. The van der Waals surface area contributed by atoms with Crippen molar-refractivity contribution in [3.8, 4) is 6.07 Å². The largest absolute Gasteiger partial charge is 0.334 e. The zero-order chi connectivity index (χ0) is 14.8. The maximum Gasteiger partial charge on any atom is 0.252 e. The van der Waals surface area contributed by atoms with E-state index in [0.29, 0.717) is 5.56 Å². The number of hydrogen-bond donors (Lipinski definition) is 1. The topological polar surface area (TPSA) is 52.9 Å². The fourth-order valence-corrected chi connectivity index (χ4v) is 2.86. The SMILES string of the molecule is CC(C)(C)c1ccccc1C(=O)NC1(C#N)CCCC1. The van der Waals surface area contributed by atoms with Gasteiger partial charge < -0.3 is 5.32 Å². The summed E-state index contributed by atoms with van der Waals surface area (Å²) in [7, 11) is 0. The minimum absolute atomic E-state index is 0.0938. The van der Waals surface area contributed by atoms with Crippen LogP contribution in [-0.2, 0) is 5.41 Å². The predicted octanol–water partition coefficient (Wildman–Crippen LogP) is 3.55. The van der Waals surface area contributed by atoms with Crippen LogP contribution < -0.4 is 5.32 Å². The van der Waals surface area contributed by atoms with Crippen LogP contribution in [0.2, 0.25) is 0 Å². The van der Waals surface area contributed by atoms with Crippen molar-refractivity contribution >= 4 is 5.91 Å². The highest BCUT2D eigenvalue weighted by Crippen LogP contribution is 2.30. The molecule has 1 aliphatic carbocycles. The molecule has 20 heavy (non-hydrogen) atoms. The van der Waals surface area contributed by atoms with E-state index >= 15 is 0 Å². The van der Waals surface area contributed by atoms with Crippen LogP contribution in [0, 0.1) is 11.3 Å². The summed E-state index contributed by atoms with van der Waals surface area (Å²) < 4.78 is 0. The van der Waals surface area contributed by atoms with Crippen molar-refractivity contribution in [1.82, 2.24) is 5.32 Å². The summed E-state index contributed by atoms with van der Waals surface area (Å²) in [6, 6.07) is 9.96. The summed E-state index contributed by atoms with van der Waals surface area (Å²) in [5.41, 5.74) is 0.941. The number of carbonyl (C=O) groups is 1. The Morgan fingerprint density at radius 1 is 1.25 bits per heavy atom. The van der Waals surface area contributed by atoms with Gasteiger partial charge in [0.1, 0.15) is 5.54 Å². The molecule has 0 aliphatic heterocycles. The van der Waals surface area contributed by atoms with Gasteiger partial charge in [-0.3, -0.25) is 4.79 Å². The molecule has 3 nitrogen and oxygen atoms in total. The van der Waals surface area contributed by atoms with Gasteiger partial charge in [-0.1, -0.05) is 39.0 Å². The first kappa shape index (κ1) is 14.6. The number of nitriles is 1. The zero-order valence-electron chi connectivity index (χ0n) is 12.5. The molecule has 0 atom stereocenters. The molecule has 0 heterocycles. The van der Waals surface area contributed by atoms with E-state index in [4.69, 9.17) is 0 Å². The van der Waals surface area contributed by atoms with Crippen LogP contribution in [-0.4, -0.2) is 11.4 Å². The van der Waals surface area contributed by atoms with Gasteiger partial charge in [-0.05, 0) is 42.7 Å². The van der Waals surface area contributed by atoms with E-state index in [1.165, 1.54) is 0 Å². The molecular weight excluding hydrogens is 248 g/mol. The Hall–Kier alpha value is -1.82. The first-order valence-electron chi connectivity index (χ1n) is 7.21. The van der Waals surface area contributed by atoms with Gasteiger partial charge in [-0.2, -0.15) is 5.26 Å². The molecule has 3 heteroatoms. The molecule has 1 aromatic rings. The summed E-state index contributed by atoms with van der Waals surface area (Å²) in [6.45, 7) is 6.28. The van der Waals surface area contributed by atoms with E-state index in [9.17, 15) is 10.1 Å². The van der Waals surface area contributed by atoms with Crippen molar-refractivity contribution in [2.45, 2.75) is 57.4 Å². The van der Waals surface area contributed by atoms with E-state index in [1.807, 2.05) is 24.3 Å². The van der Waals surface area contributed by atoms with Crippen molar-refractivity contribution in [1.29, 1.82) is 5.26 Å². The fourth-order valence-electron chi connectivity index (χ4n) is 2.86. The second-order valence-corrected chi connectivity index (χ2v) is 6.65. The lowest BCUT2D eigenvalue weighted by Gasteiger charge is -2.26. The summed E-state index contributed by atoms with van der Waals surface area (Å²) >= 11 is 0. The lowest BCUT2D eigenvalue weighted by Crippen LogP contribution is -2.45. The molecule has 0 spiro atoms. The minimum atomic E-state index is -0.665. The highest BCUT2D eigenvalue weighted by atomic mass is 16.1. The first-order valence-corrected chi connectivity index (χ1v) is 7.21. The highest BCUT2D eigenvalue weighted by Gasteiger charge is 2.36. The summed E-state index contributed by atoms with van der Waals surface area (Å²) in [5, 5.41) is 12.3. The van der Waals surface area contributed by atoms with Gasteiger partial charge in [-0.15, -0.1) is 0 Å². The molecule has 1 N–H and O–H groups in total. The molecule has 1 amide bonds. The summed E-state index contributed by atoms with van der Waals surface area (Å²) in [5.74, 6) is -0.126. The third-order valence-electron chi connectivity index (χ3n) is 4.00. The second-order valence-electron chi connectivity index (χ2n) is 6.65. The van der Waals surface area contributed by atoms with Crippen LogP contribution >= 0.6 is 0 Å².